The Kier molecular flexibility index (Phi) is 6.57. The lowest BCUT2D eigenvalue weighted by atomic mass is 9.49. The molecule has 0 radical (unpaired) electrons. The molecule has 4 N–H and O–H groups in total. The Morgan fingerprint density at radius 3 is 2.66 bits per heavy atom. The highest BCUT2D eigenvalue weighted by Crippen LogP contribution is 2.61. The van der Waals surface area contributed by atoms with Gasteiger partial charge >= 0.3 is 0 Å². The molecule has 226 valence electrons. The van der Waals surface area contributed by atoms with Crippen LogP contribution in [0, 0.1) is 23.7 Å². The number of hydrogen-bond donors (Lipinski definition) is 4. The highest BCUT2D eigenvalue weighted by atomic mass is 35.5. The fourth-order valence-corrected chi connectivity index (χ4v) is 6.95. The van der Waals surface area contributed by atoms with Crippen LogP contribution in [-0.2, 0) is 7.05 Å². The second-order valence-electron chi connectivity index (χ2n) is 13.6. The van der Waals surface area contributed by atoms with E-state index < -0.39 is 6.04 Å². The van der Waals surface area contributed by atoms with E-state index in [9.17, 15) is 4.79 Å². The molecule has 3 aliphatic carbocycles. The number of benzene rings is 2. The maximum Gasteiger partial charge on any atom is 0.258 e. The van der Waals surface area contributed by atoms with Gasteiger partial charge in [-0.05, 0) is 65.8 Å². The lowest BCUT2D eigenvalue weighted by Crippen LogP contribution is -2.70. The van der Waals surface area contributed by atoms with Crippen LogP contribution in [0.4, 0.5) is 15.8 Å². The van der Waals surface area contributed by atoms with Gasteiger partial charge in [0.1, 0.15) is 5.70 Å². The summed E-state index contributed by atoms with van der Waals surface area (Å²) in [5.74, 6) is 3.06. The molecule has 0 saturated heterocycles. The van der Waals surface area contributed by atoms with E-state index in [-0.39, 0.29) is 22.5 Å². The van der Waals surface area contributed by atoms with Gasteiger partial charge in [-0.1, -0.05) is 50.4 Å². The molecule has 1 aliphatic heterocycles. The number of aryl methyl sites for hydroxylation is 1. The van der Waals surface area contributed by atoms with Crippen LogP contribution in [0.3, 0.4) is 0 Å². The predicted molar refractivity (Wildman–Crippen MR) is 175 cm³/mol. The molecule has 1 atom stereocenters. The first kappa shape index (κ1) is 28.5. The van der Waals surface area contributed by atoms with Crippen LogP contribution in [0.1, 0.15) is 57.2 Å². The molecule has 2 aromatic heterocycles. The Hall–Kier alpha value is -4.26. The average molecular weight is 612 g/mol. The molecule has 3 fully saturated rings. The van der Waals surface area contributed by atoms with E-state index >= 15 is 4.39 Å². The highest BCUT2D eigenvalue weighted by molar-refractivity contribution is 6.35. The molecular weight excluding hydrogens is 577 g/mol. The minimum absolute atomic E-state index is 0.00491. The Labute approximate surface area is 260 Å². The van der Waals surface area contributed by atoms with Gasteiger partial charge in [0.05, 0.1) is 33.4 Å². The normalized spacial score (nSPS) is 21.5. The van der Waals surface area contributed by atoms with Gasteiger partial charge in [0.15, 0.2) is 0 Å². The van der Waals surface area contributed by atoms with Gasteiger partial charge in [-0.2, -0.15) is 4.39 Å². The molecule has 0 spiro atoms. The standard InChI is InChI=1S/C34H35ClFN7O/c1-6-20-17-37-28-25(27(20)38-18-33(2,3)4)12-21(13-26(28)35)39-29(23-8-7-9-24-22(23)10-11-42(5)32(24)44)30-31(36)43(41-40-30)34-14-19(15-34)16-34/h1,7-13,17,19,29,39-41H,14-16,18H2,2-5H3,(H,37,38)/t19?,29-,34?/m0/s1. The van der Waals surface area contributed by atoms with E-state index in [0.717, 1.165) is 41.3 Å². The molecule has 2 bridgehead atoms. The van der Waals surface area contributed by atoms with Gasteiger partial charge in [0, 0.05) is 42.4 Å². The summed E-state index contributed by atoms with van der Waals surface area (Å²) in [6.45, 7) is 7.10. The van der Waals surface area contributed by atoms with Gasteiger partial charge in [-0.3, -0.25) is 14.8 Å². The monoisotopic (exact) mass is 611 g/mol. The molecule has 2 aromatic carbocycles. The number of fused-ring (bicyclic) bond motifs is 2. The van der Waals surface area contributed by atoms with Crippen molar-refractivity contribution in [3.05, 3.63) is 86.9 Å². The van der Waals surface area contributed by atoms with Crippen molar-refractivity contribution < 1.29 is 4.39 Å². The molecule has 8 nitrogen and oxygen atoms in total. The van der Waals surface area contributed by atoms with E-state index in [4.69, 9.17) is 18.0 Å². The first-order valence-corrected chi connectivity index (χ1v) is 15.2. The number of anilines is 2. The predicted octanol–water partition coefficient (Wildman–Crippen LogP) is 6.35. The van der Waals surface area contributed by atoms with Gasteiger partial charge in [-0.15, -0.1) is 12.0 Å². The van der Waals surface area contributed by atoms with E-state index in [1.165, 1.54) is 0 Å². The number of rotatable bonds is 7. The molecular formula is C34H35ClFN7O. The number of hydrazine groups is 2. The molecule has 0 amide bonds. The largest absolute Gasteiger partial charge is 0.383 e. The smallest absolute Gasteiger partial charge is 0.258 e. The summed E-state index contributed by atoms with van der Waals surface area (Å²) in [6, 6.07) is 10.5. The highest BCUT2D eigenvalue weighted by Gasteiger charge is 2.62. The first-order chi connectivity index (χ1) is 21.0. The molecule has 44 heavy (non-hydrogen) atoms. The van der Waals surface area contributed by atoms with Crippen molar-refractivity contribution in [1.82, 2.24) is 25.5 Å². The second kappa shape index (κ2) is 10.1. The molecule has 8 rings (SSSR count). The number of hydrogen-bond acceptors (Lipinski definition) is 7. The Bertz CT molecular complexity index is 1950. The van der Waals surface area contributed by atoms with Gasteiger partial charge in [0.2, 0.25) is 5.95 Å². The minimum Gasteiger partial charge on any atom is -0.383 e. The zero-order chi connectivity index (χ0) is 31.0. The van der Waals surface area contributed by atoms with Crippen LogP contribution in [0.15, 0.2) is 65.2 Å². The Balaban J connectivity index is 1.37. The van der Waals surface area contributed by atoms with Crippen molar-refractivity contribution in [2.45, 2.75) is 51.6 Å². The summed E-state index contributed by atoms with van der Waals surface area (Å²) in [4.78, 5) is 17.6. The van der Waals surface area contributed by atoms with Crippen LogP contribution in [-0.4, -0.2) is 26.6 Å². The number of aromatic nitrogens is 2. The summed E-state index contributed by atoms with van der Waals surface area (Å²) in [5.41, 5.74) is 9.64. The summed E-state index contributed by atoms with van der Waals surface area (Å²) >= 11 is 6.84. The number of terminal acetylenes is 1. The number of pyridine rings is 2. The van der Waals surface area contributed by atoms with Gasteiger partial charge in [0.25, 0.3) is 5.56 Å². The zero-order valence-corrected chi connectivity index (χ0v) is 25.9. The summed E-state index contributed by atoms with van der Waals surface area (Å²) in [5, 5.41) is 11.2. The van der Waals surface area contributed by atoms with Crippen LogP contribution in [0.25, 0.3) is 21.7 Å². The topological polar surface area (TPSA) is 86.2 Å². The summed E-state index contributed by atoms with van der Waals surface area (Å²) < 4.78 is 17.9. The van der Waals surface area contributed by atoms with Crippen molar-refractivity contribution in [1.29, 1.82) is 0 Å². The summed E-state index contributed by atoms with van der Waals surface area (Å²) in [7, 11) is 1.72. The third-order valence-electron chi connectivity index (χ3n) is 9.14. The quantitative estimate of drug-likeness (QED) is 0.143. The number of halogens is 2. The van der Waals surface area contributed by atoms with Crippen molar-refractivity contribution in [3.63, 3.8) is 0 Å². The van der Waals surface area contributed by atoms with Crippen molar-refractivity contribution in [2.24, 2.45) is 18.4 Å². The van der Waals surface area contributed by atoms with Crippen molar-refractivity contribution in [2.75, 3.05) is 17.2 Å². The Morgan fingerprint density at radius 2 is 1.98 bits per heavy atom. The zero-order valence-electron chi connectivity index (χ0n) is 25.2. The van der Waals surface area contributed by atoms with E-state index in [1.807, 2.05) is 24.3 Å². The third-order valence-corrected chi connectivity index (χ3v) is 9.43. The number of nitrogens with one attached hydrogen (secondary N) is 4. The van der Waals surface area contributed by atoms with Crippen LogP contribution in [0.5, 0.6) is 0 Å². The van der Waals surface area contributed by atoms with E-state index in [0.29, 0.717) is 45.3 Å². The lowest BCUT2D eigenvalue weighted by Gasteiger charge is -2.64. The van der Waals surface area contributed by atoms with Crippen LogP contribution < -0.4 is 27.2 Å². The molecule has 0 unspecified atom stereocenters. The lowest BCUT2D eigenvalue weighted by molar-refractivity contribution is -0.155. The van der Waals surface area contributed by atoms with Crippen molar-refractivity contribution in [3.8, 4) is 12.3 Å². The fraction of sp³-hybridized carbons (Fsp3) is 0.353. The minimum atomic E-state index is -0.695. The number of nitrogens with zero attached hydrogens (tertiary/aromatic N) is 3. The third kappa shape index (κ3) is 4.56. The maximum atomic E-state index is 16.4. The Morgan fingerprint density at radius 1 is 1.20 bits per heavy atom. The van der Waals surface area contributed by atoms with E-state index in [2.05, 4.69) is 53.3 Å². The SMILES string of the molecule is C#Cc1cnc2c(Cl)cc(N[C@H](C3=C(F)N(C45CC(C4)C5)NN3)c3cccc4c(=O)n(C)ccc34)cc2c1NCC(C)(C)C. The van der Waals surface area contributed by atoms with Gasteiger partial charge in [-0.25, -0.2) is 0 Å². The second-order valence-corrected chi connectivity index (χ2v) is 14.0. The maximum absolute atomic E-state index is 16.4. The molecule has 3 heterocycles. The average Bonchev–Trinajstić information content (AvgIpc) is 3.30. The van der Waals surface area contributed by atoms with Crippen LogP contribution >= 0.6 is 11.6 Å². The van der Waals surface area contributed by atoms with Gasteiger partial charge < -0.3 is 20.6 Å². The van der Waals surface area contributed by atoms with Crippen LogP contribution in [0.2, 0.25) is 5.02 Å². The van der Waals surface area contributed by atoms with E-state index in [1.54, 1.807) is 41.2 Å². The fourth-order valence-electron chi connectivity index (χ4n) is 6.68. The summed E-state index contributed by atoms with van der Waals surface area (Å²) in [6.07, 6.45) is 12.2. The molecule has 10 heteroatoms. The van der Waals surface area contributed by atoms with Crippen molar-refractivity contribution >= 4 is 44.7 Å². The molecule has 3 saturated carbocycles. The molecule has 4 aromatic rings. The first-order valence-electron chi connectivity index (χ1n) is 14.9. The molecule has 4 aliphatic rings.